The topological polar surface area (TPSA) is 12.0 Å². The second-order valence-electron chi connectivity index (χ2n) is 4.76. The van der Waals surface area contributed by atoms with Crippen molar-refractivity contribution in [3.05, 3.63) is 22.4 Å². The Kier molecular flexibility index (Phi) is 6.07. The lowest BCUT2D eigenvalue weighted by atomic mass is 9.97. The summed E-state index contributed by atoms with van der Waals surface area (Å²) in [6, 6.07) is 5.51. The number of hydrogen-bond donors (Lipinski definition) is 1. The normalized spacial score (nSPS) is 17.0. The van der Waals surface area contributed by atoms with Crippen LogP contribution in [-0.2, 0) is 0 Å². The molecule has 0 aliphatic carbocycles. The molecule has 0 spiro atoms. The molecule has 92 valence electrons. The van der Waals surface area contributed by atoms with Crippen molar-refractivity contribution in [2.75, 3.05) is 0 Å². The summed E-state index contributed by atoms with van der Waals surface area (Å²) in [5, 5.41) is 5.90. The van der Waals surface area contributed by atoms with E-state index in [1.807, 2.05) is 11.3 Å². The van der Waals surface area contributed by atoms with E-state index in [4.69, 9.17) is 0 Å². The Morgan fingerprint density at radius 2 is 2.00 bits per heavy atom. The summed E-state index contributed by atoms with van der Waals surface area (Å²) in [5.41, 5.74) is 0. The van der Waals surface area contributed by atoms with Gasteiger partial charge in [-0.15, -0.1) is 11.3 Å². The lowest BCUT2D eigenvalue weighted by Crippen LogP contribution is -2.32. The fourth-order valence-electron chi connectivity index (χ4n) is 1.98. The third-order valence-corrected chi connectivity index (χ3v) is 4.39. The Labute approximate surface area is 104 Å². The van der Waals surface area contributed by atoms with Gasteiger partial charge in [-0.3, -0.25) is 0 Å². The molecule has 0 aromatic carbocycles. The van der Waals surface area contributed by atoms with Gasteiger partial charge in [-0.2, -0.15) is 0 Å². The number of nitrogens with one attached hydrogen (secondary N) is 1. The molecule has 1 nitrogen and oxygen atoms in total. The Hall–Kier alpha value is -0.340. The molecule has 0 amide bonds. The average Bonchev–Trinajstić information content (AvgIpc) is 2.81. The van der Waals surface area contributed by atoms with Gasteiger partial charge in [0.1, 0.15) is 0 Å². The van der Waals surface area contributed by atoms with Crippen molar-refractivity contribution in [2.45, 2.75) is 59.0 Å². The first-order chi connectivity index (χ1) is 7.67. The molecule has 0 aliphatic rings. The summed E-state index contributed by atoms with van der Waals surface area (Å²) < 4.78 is 0. The first-order valence-electron chi connectivity index (χ1n) is 6.46. The third-order valence-electron chi connectivity index (χ3n) is 3.33. The minimum Gasteiger partial charge on any atom is -0.307 e. The molecule has 3 atom stereocenters. The molecule has 1 aromatic rings. The molecular weight excluding hydrogens is 214 g/mol. The second kappa shape index (κ2) is 7.08. The molecule has 1 heterocycles. The minimum atomic E-state index is 0.494. The van der Waals surface area contributed by atoms with Crippen LogP contribution in [0.15, 0.2) is 17.5 Å². The zero-order valence-electron chi connectivity index (χ0n) is 11.0. The molecule has 0 bridgehead atoms. The highest BCUT2D eigenvalue weighted by atomic mass is 32.1. The van der Waals surface area contributed by atoms with Crippen molar-refractivity contribution in [1.82, 2.24) is 5.32 Å². The minimum absolute atomic E-state index is 0.494. The molecule has 2 heteroatoms. The van der Waals surface area contributed by atoms with Crippen LogP contribution < -0.4 is 5.32 Å². The number of rotatable bonds is 7. The van der Waals surface area contributed by atoms with E-state index in [0.29, 0.717) is 12.1 Å². The standard InChI is InChI=1S/C14H25NS/c1-5-11(3)10-13(6-2)15-12(4)14-8-7-9-16-14/h7-9,11-13,15H,5-6,10H2,1-4H3/t11?,12-,13?/m1/s1. The van der Waals surface area contributed by atoms with Gasteiger partial charge < -0.3 is 5.32 Å². The fourth-order valence-corrected chi connectivity index (χ4v) is 2.72. The first kappa shape index (κ1) is 13.7. The van der Waals surface area contributed by atoms with E-state index in [2.05, 4.69) is 50.5 Å². The summed E-state index contributed by atoms with van der Waals surface area (Å²) >= 11 is 1.85. The van der Waals surface area contributed by atoms with Crippen molar-refractivity contribution in [1.29, 1.82) is 0 Å². The Balaban J connectivity index is 2.43. The summed E-state index contributed by atoms with van der Waals surface area (Å²) in [6.07, 6.45) is 3.80. The zero-order valence-corrected chi connectivity index (χ0v) is 11.8. The number of thiophene rings is 1. The Bertz CT molecular complexity index is 268. The molecule has 16 heavy (non-hydrogen) atoms. The van der Waals surface area contributed by atoms with E-state index >= 15 is 0 Å². The summed E-state index contributed by atoms with van der Waals surface area (Å²) in [6.45, 7) is 9.17. The summed E-state index contributed by atoms with van der Waals surface area (Å²) in [5.74, 6) is 0.827. The highest BCUT2D eigenvalue weighted by molar-refractivity contribution is 7.10. The van der Waals surface area contributed by atoms with E-state index in [0.717, 1.165) is 5.92 Å². The van der Waals surface area contributed by atoms with Crippen molar-refractivity contribution in [3.63, 3.8) is 0 Å². The third kappa shape index (κ3) is 4.26. The van der Waals surface area contributed by atoms with Crippen molar-refractivity contribution in [3.8, 4) is 0 Å². The Morgan fingerprint density at radius 1 is 1.25 bits per heavy atom. The molecule has 0 aliphatic heterocycles. The van der Waals surface area contributed by atoms with Crippen molar-refractivity contribution in [2.24, 2.45) is 5.92 Å². The van der Waals surface area contributed by atoms with Gasteiger partial charge in [0.25, 0.3) is 0 Å². The van der Waals surface area contributed by atoms with Gasteiger partial charge in [-0.1, -0.05) is 33.3 Å². The predicted molar refractivity (Wildman–Crippen MR) is 74.0 cm³/mol. The predicted octanol–water partition coefficient (Wildman–Crippen LogP) is 4.61. The van der Waals surface area contributed by atoms with E-state index in [9.17, 15) is 0 Å². The Morgan fingerprint density at radius 3 is 2.50 bits per heavy atom. The van der Waals surface area contributed by atoms with Crippen LogP contribution in [0.5, 0.6) is 0 Å². The van der Waals surface area contributed by atoms with Crippen LogP contribution in [-0.4, -0.2) is 6.04 Å². The van der Waals surface area contributed by atoms with Crippen LogP contribution in [0.1, 0.15) is 57.9 Å². The molecule has 1 N–H and O–H groups in total. The van der Waals surface area contributed by atoms with Crippen LogP contribution in [0, 0.1) is 5.92 Å². The van der Waals surface area contributed by atoms with Crippen LogP contribution in [0.25, 0.3) is 0 Å². The van der Waals surface area contributed by atoms with Gasteiger partial charge in [0.05, 0.1) is 0 Å². The van der Waals surface area contributed by atoms with Gasteiger partial charge >= 0.3 is 0 Å². The molecule has 0 saturated heterocycles. The van der Waals surface area contributed by atoms with Crippen LogP contribution in [0.3, 0.4) is 0 Å². The highest BCUT2D eigenvalue weighted by Crippen LogP contribution is 2.21. The van der Waals surface area contributed by atoms with Crippen LogP contribution in [0.2, 0.25) is 0 Å². The quantitative estimate of drug-likeness (QED) is 0.732. The van der Waals surface area contributed by atoms with E-state index in [-0.39, 0.29) is 0 Å². The maximum absolute atomic E-state index is 3.74. The molecule has 0 radical (unpaired) electrons. The fraction of sp³-hybridized carbons (Fsp3) is 0.714. The van der Waals surface area contributed by atoms with Crippen molar-refractivity contribution < 1.29 is 0 Å². The van der Waals surface area contributed by atoms with Crippen LogP contribution in [0.4, 0.5) is 0 Å². The molecule has 0 saturated carbocycles. The second-order valence-corrected chi connectivity index (χ2v) is 5.74. The highest BCUT2D eigenvalue weighted by Gasteiger charge is 2.14. The zero-order chi connectivity index (χ0) is 12.0. The maximum atomic E-state index is 3.74. The largest absolute Gasteiger partial charge is 0.307 e. The average molecular weight is 239 g/mol. The van der Waals surface area contributed by atoms with E-state index in [1.165, 1.54) is 24.1 Å². The molecule has 1 aromatic heterocycles. The smallest absolute Gasteiger partial charge is 0.0388 e. The maximum Gasteiger partial charge on any atom is 0.0388 e. The van der Waals surface area contributed by atoms with Gasteiger partial charge in [0, 0.05) is 17.0 Å². The number of hydrogen-bond acceptors (Lipinski definition) is 2. The van der Waals surface area contributed by atoms with Gasteiger partial charge in [0.15, 0.2) is 0 Å². The summed E-state index contributed by atoms with van der Waals surface area (Å²) in [7, 11) is 0. The molecule has 0 fully saturated rings. The van der Waals surface area contributed by atoms with Gasteiger partial charge in [-0.25, -0.2) is 0 Å². The molecular formula is C14H25NS. The van der Waals surface area contributed by atoms with Crippen LogP contribution >= 0.6 is 11.3 Å². The first-order valence-corrected chi connectivity index (χ1v) is 7.34. The van der Waals surface area contributed by atoms with Crippen molar-refractivity contribution >= 4 is 11.3 Å². The lowest BCUT2D eigenvalue weighted by molar-refractivity contribution is 0.360. The van der Waals surface area contributed by atoms with Gasteiger partial charge in [-0.05, 0) is 37.1 Å². The monoisotopic (exact) mass is 239 g/mol. The van der Waals surface area contributed by atoms with E-state index in [1.54, 1.807) is 0 Å². The molecule has 2 unspecified atom stereocenters. The SMILES string of the molecule is CCC(C)CC(CC)N[C@H](C)c1cccs1. The lowest BCUT2D eigenvalue weighted by Gasteiger charge is -2.24. The molecule has 1 rings (SSSR count). The van der Waals surface area contributed by atoms with E-state index < -0.39 is 0 Å². The van der Waals surface area contributed by atoms with Gasteiger partial charge in [0.2, 0.25) is 0 Å². The summed E-state index contributed by atoms with van der Waals surface area (Å²) in [4.78, 5) is 1.45.